The molecule has 1 amide bonds. The number of ether oxygens (including phenoxy) is 1. The van der Waals surface area contributed by atoms with Gasteiger partial charge in [0.1, 0.15) is 11.6 Å². The van der Waals surface area contributed by atoms with Crippen LogP contribution in [0.15, 0.2) is 18.2 Å². The Morgan fingerprint density at radius 2 is 2.25 bits per heavy atom. The zero-order valence-corrected chi connectivity index (χ0v) is 8.81. The van der Waals surface area contributed by atoms with Crippen LogP contribution >= 0.6 is 0 Å². The Hall–Kier alpha value is -1.62. The van der Waals surface area contributed by atoms with Gasteiger partial charge in [0.15, 0.2) is 0 Å². The topological polar surface area (TPSA) is 49.8 Å². The zero-order valence-electron chi connectivity index (χ0n) is 8.81. The highest BCUT2D eigenvalue weighted by Gasteiger charge is 2.30. The van der Waals surface area contributed by atoms with E-state index in [4.69, 9.17) is 9.84 Å². The van der Waals surface area contributed by atoms with Crippen LogP contribution in [0.1, 0.15) is 10.4 Å². The number of benzene rings is 1. The SMILES string of the molecule is COc1ccc(C(=O)N2CC(O)C2)c(F)c1. The normalized spacial score (nSPS) is 15.8. The van der Waals surface area contributed by atoms with Crippen molar-refractivity contribution in [3.05, 3.63) is 29.6 Å². The minimum absolute atomic E-state index is 0.00713. The van der Waals surface area contributed by atoms with Crippen molar-refractivity contribution in [2.24, 2.45) is 0 Å². The number of β-amino-alcohol motifs (C(OH)–C–C–N with tert-alkyl or cyclic N) is 1. The van der Waals surface area contributed by atoms with Crippen molar-refractivity contribution in [3.8, 4) is 5.75 Å². The van der Waals surface area contributed by atoms with Crippen molar-refractivity contribution in [2.75, 3.05) is 20.2 Å². The van der Waals surface area contributed by atoms with Crippen LogP contribution in [0.3, 0.4) is 0 Å². The van der Waals surface area contributed by atoms with Gasteiger partial charge < -0.3 is 14.7 Å². The lowest BCUT2D eigenvalue weighted by atomic mass is 10.1. The summed E-state index contributed by atoms with van der Waals surface area (Å²) in [5.74, 6) is -0.631. The molecule has 5 heteroatoms. The van der Waals surface area contributed by atoms with Crippen molar-refractivity contribution >= 4 is 5.91 Å². The van der Waals surface area contributed by atoms with E-state index in [1.165, 1.54) is 30.2 Å². The monoisotopic (exact) mass is 225 g/mol. The summed E-state index contributed by atoms with van der Waals surface area (Å²) in [4.78, 5) is 13.1. The molecule has 1 aromatic carbocycles. The molecule has 0 bridgehead atoms. The van der Waals surface area contributed by atoms with Crippen LogP contribution in [0.2, 0.25) is 0 Å². The number of methoxy groups -OCH3 is 1. The standard InChI is InChI=1S/C11H12FNO3/c1-16-8-2-3-9(10(12)4-8)11(15)13-5-7(14)6-13/h2-4,7,14H,5-6H2,1H3. The average Bonchev–Trinajstić information content (AvgIpc) is 2.23. The highest BCUT2D eigenvalue weighted by molar-refractivity contribution is 5.95. The van der Waals surface area contributed by atoms with Gasteiger partial charge in [-0.05, 0) is 12.1 Å². The van der Waals surface area contributed by atoms with E-state index in [1.54, 1.807) is 0 Å². The second-order valence-electron chi connectivity index (χ2n) is 3.71. The smallest absolute Gasteiger partial charge is 0.257 e. The lowest BCUT2D eigenvalue weighted by Gasteiger charge is -2.35. The summed E-state index contributed by atoms with van der Waals surface area (Å²) in [5, 5.41) is 9.06. The maximum absolute atomic E-state index is 13.5. The zero-order chi connectivity index (χ0) is 11.7. The number of amides is 1. The van der Waals surface area contributed by atoms with E-state index in [-0.39, 0.29) is 18.7 Å². The third-order valence-electron chi connectivity index (χ3n) is 2.56. The third-order valence-corrected chi connectivity index (χ3v) is 2.56. The average molecular weight is 225 g/mol. The Morgan fingerprint density at radius 1 is 1.56 bits per heavy atom. The molecule has 0 unspecified atom stereocenters. The molecule has 0 spiro atoms. The number of nitrogens with zero attached hydrogens (tertiary/aromatic N) is 1. The van der Waals surface area contributed by atoms with Crippen molar-refractivity contribution < 1.29 is 19.0 Å². The van der Waals surface area contributed by atoms with E-state index in [9.17, 15) is 9.18 Å². The Balaban J connectivity index is 2.17. The van der Waals surface area contributed by atoms with Crippen LogP contribution in [0.25, 0.3) is 0 Å². The molecule has 1 N–H and O–H groups in total. The molecule has 86 valence electrons. The van der Waals surface area contributed by atoms with Crippen molar-refractivity contribution in [1.29, 1.82) is 0 Å². The maximum Gasteiger partial charge on any atom is 0.257 e. The van der Waals surface area contributed by atoms with Gasteiger partial charge in [-0.3, -0.25) is 4.79 Å². The fourth-order valence-electron chi connectivity index (χ4n) is 1.59. The Kier molecular flexibility index (Phi) is 2.78. The predicted molar refractivity (Wildman–Crippen MR) is 54.9 cm³/mol. The van der Waals surface area contributed by atoms with Crippen LogP contribution in [0.5, 0.6) is 5.75 Å². The number of carbonyl (C=O) groups is 1. The molecule has 1 aliphatic rings. The molecule has 0 aromatic heterocycles. The Morgan fingerprint density at radius 3 is 2.75 bits per heavy atom. The first-order valence-corrected chi connectivity index (χ1v) is 4.92. The number of aliphatic hydroxyl groups excluding tert-OH is 1. The third kappa shape index (κ3) is 1.86. The van der Waals surface area contributed by atoms with Crippen molar-refractivity contribution in [2.45, 2.75) is 6.10 Å². The fourth-order valence-corrected chi connectivity index (χ4v) is 1.59. The van der Waals surface area contributed by atoms with Gasteiger partial charge >= 0.3 is 0 Å². The van der Waals surface area contributed by atoms with Gasteiger partial charge in [0, 0.05) is 19.2 Å². The maximum atomic E-state index is 13.5. The lowest BCUT2D eigenvalue weighted by molar-refractivity contribution is 0.00558. The first kappa shape index (κ1) is 10.9. The summed E-state index contributed by atoms with van der Waals surface area (Å²) >= 11 is 0. The molecule has 0 saturated carbocycles. The first-order chi connectivity index (χ1) is 7.61. The summed E-state index contributed by atoms with van der Waals surface area (Å²) in [6, 6.07) is 4.09. The second-order valence-corrected chi connectivity index (χ2v) is 3.71. The molecule has 0 radical (unpaired) electrons. The Bertz CT molecular complexity index is 416. The molecule has 4 nitrogen and oxygen atoms in total. The van der Waals surface area contributed by atoms with E-state index >= 15 is 0 Å². The summed E-state index contributed by atoms with van der Waals surface area (Å²) in [7, 11) is 1.43. The van der Waals surface area contributed by atoms with Gasteiger partial charge in [0.05, 0.1) is 18.8 Å². The molecule has 1 fully saturated rings. The number of halogens is 1. The summed E-state index contributed by atoms with van der Waals surface area (Å²) in [5.41, 5.74) is 0.00713. The Labute approximate surface area is 92.2 Å². The van der Waals surface area contributed by atoms with Gasteiger partial charge in [-0.15, -0.1) is 0 Å². The van der Waals surface area contributed by atoms with Crippen LogP contribution < -0.4 is 4.74 Å². The van der Waals surface area contributed by atoms with E-state index in [0.717, 1.165) is 0 Å². The molecule has 0 atom stereocenters. The van der Waals surface area contributed by atoms with E-state index < -0.39 is 17.8 Å². The fraction of sp³-hybridized carbons (Fsp3) is 0.364. The van der Waals surface area contributed by atoms with E-state index in [0.29, 0.717) is 5.75 Å². The largest absolute Gasteiger partial charge is 0.497 e. The molecule has 0 aliphatic carbocycles. The van der Waals surface area contributed by atoms with Crippen LogP contribution in [0.4, 0.5) is 4.39 Å². The summed E-state index contributed by atoms with van der Waals surface area (Å²) < 4.78 is 18.4. The molecule has 1 aliphatic heterocycles. The minimum Gasteiger partial charge on any atom is -0.497 e. The highest BCUT2D eigenvalue weighted by Crippen LogP contribution is 2.20. The minimum atomic E-state index is -0.606. The number of rotatable bonds is 2. The van der Waals surface area contributed by atoms with Crippen LogP contribution in [-0.4, -0.2) is 42.2 Å². The highest BCUT2D eigenvalue weighted by atomic mass is 19.1. The van der Waals surface area contributed by atoms with Crippen molar-refractivity contribution in [1.82, 2.24) is 4.90 Å². The molecular weight excluding hydrogens is 213 g/mol. The van der Waals surface area contributed by atoms with Gasteiger partial charge in [0.25, 0.3) is 5.91 Å². The number of carbonyl (C=O) groups excluding carboxylic acids is 1. The van der Waals surface area contributed by atoms with E-state index in [1.807, 2.05) is 0 Å². The van der Waals surface area contributed by atoms with Crippen LogP contribution in [0, 0.1) is 5.82 Å². The van der Waals surface area contributed by atoms with E-state index in [2.05, 4.69) is 0 Å². The number of likely N-dealkylation sites (tertiary alicyclic amines) is 1. The number of aliphatic hydroxyl groups is 1. The molecule has 16 heavy (non-hydrogen) atoms. The lowest BCUT2D eigenvalue weighted by Crippen LogP contribution is -2.53. The van der Waals surface area contributed by atoms with Crippen LogP contribution in [-0.2, 0) is 0 Å². The van der Waals surface area contributed by atoms with Gasteiger partial charge in [-0.25, -0.2) is 4.39 Å². The molecular formula is C11H12FNO3. The molecule has 2 rings (SSSR count). The molecule has 1 aromatic rings. The quantitative estimate of drug-likeness (QED) is 0.804. The van der Waals surface area contributed by atoms with Gasteiger partial charge in [-0.2, -0.15) is 0 Å². The summed E-state index contributed by atoms with van der Waals surface area (Å²) in [6.07, 6.45) is -0.481. The number of hydrogen-bond acceptors (Lipinski definition) is 3. The van der Waals surface area contributed by atoms with Gasteiger partial charge in [-0.1, -0.05) is 0 Å². The second kappa shape index (κ2) is 4.09. The molecule has 1 heterocycles. The summed E-state index contributed by atoms with van der Waals surface area (Å²) in [6.45, 7) is 0.536. The number of hydrogen-bond donors (Lipinski definition) is 1. The molecule has 1 saturated heterocycles. The van der Waals surface area contributed by atoms with Gasteiger partial charge in [0.2, 0.25) is 0 Å². The predicted octanol–water partition coefficient (Wildman–Crippen LogP) is 0.651. The van der Waals surface area contributed by atoms with Crippen molar-refractivity contribution in [3.63, 3.8) is 0 Å². The first-order valence-electron chi connectivity index (χ1n) is 4.92.